The Morgan fingerprint density at radius 2 is 1.79 bits per heavy atom. The molecule has 8 heteroatoms. The lowest BCUT2D eigenvalue weighted by Gasteiger charge is -2.15. The number of nitriles is 1. The Hall–Kier alpha value is -2.10. The van der Waals surface area contributed by atoms with E-state index in [-0.39, 0.29) is 5.57 Å². The van der Waals surface area contributed by atoms with Crippen molar-refractivity contribution in [2.45, 2.75) is 13.5 Å². The van der Waals surface area contributed by atoms with Gasteiger partial charge in [0.2, 0.25) is 0 Å². The number of carbonyl (C=O) groups is 1. The Labute approximate surface area is 228 Å². The normalized spacial score (nSPS) is 10.9. The molecule has 5 nitrogen and oxygen atoms in total. The molecule has 0 aliphatic carbocycles. The third kappa shape index (κ3) is 7.45. The van der Waals surface area contributed by atoms with Crippen molar-refractivity contribution in [3.8, 4) is 17.6 Å². The minimum absolute atomic E-state index is 0.0104. The van der Waals surface area contributed by atoms with Crippen LogP contribution in [-0.4, -0.2) is 12.5 Å². The molecule has 0 saturated carbocycles. The van der Waals surface area contributed by atoms with Gasteiger partial charge in [-0.25, -0.2) is 0 Å². The molecule has 0 heterocycles. The van der Waals surface area contributed by atoms with Gasteiger partial charge in [-0.2, -0.15) is 5.26 Å². The van der Waals surface area contributed by atoms with E-state index in [0.717, 1.165) is 17.2 Å². The Kier molecular flexibility index (Phi) is 9.58. The van der Waals surface area contributed by atoms with Crippen LogP contribution in [0.4, 0.5) is 5.69 Å². The maximum atomic E-state index is 12.6. The molecule has 3 rings (SSSR count). The van der Waals surface area contributed by atoms with E-state index in [1.54, 1.807) is 24.3 Å². The van der Waals surface area contributed by atoms with Crippen LogP contribution in [0.5, 0.6) is 11.5 Å². The summed E-state index contributed by atoms with van der Waals surface area (Å²) in [6, 6.07) is 20.9. The van der Waals surface area contributed by atoms with Crippen LogP contribution < -0.4 is 14.8 Å². The van der Waals surface area contributed by atoms with Crippen LogP contribution in [0.3, 0.4) is 0 Å². The predicted octanol–water partition coefficient (Wildman–Crippen LogP) is 7.18. The van der Waals surface area contributed by atoms with Gasteiger partial charge in [-0.1, -0.05) is 28.1 Å². The van der Waals surface area contributed by atoms with Crippen molar-refractivity contribution < 1.29 is 14.3 Å². The highest BCUT2D eigenvalue weighted by molar-refractivity contribution is 14.1. The highest BCUT2D eigenvalue weighted by Crippen LogP contribution is 2.35. The minimum atomic E-state index is -0.480. The smallest absolute Gasteiger partial charge is 0.266 e. The molecule has 0 unspecified atom stereocenters. The summed E-state index contributed by atoms with van der Waals surface area (Å²) < 4.78 is 14.7. The van der Waals surface area contributed by atoms with E-state index in [1.165, 1.54) is 0 Å². The van der Waals surface area contributed by atoms with Crippen molar-refractivity contribution in [3.63, 3.8) is 0 Å². The predicted molar refractivity (Wildman–Crippen MR) is 150 cm³/mol. The number of ether oxygens (including phenoxy) is 2. The first-order valence-corrected chi connectivity index (χ1v) is 12.9. The first-order chi connectivity index (χ1) is 15.9. The zero-order chi connectivity index (χ0) is 23.8. The molecule has 0 bridgehead atoms. The molecule has 33 heavy (non-hydrogen) atoms. The Balaban J connectivity index is 1.83. The lowest BCUT2D eigenvalue weighted by Crippen LogP contribution is -2.13. The lowest BCUT2D eigenvalue weighted by atomic mass is 10.1. The molecule has 0 aromatic heterocycles. The van der Waals surface area contributed by atoms with E-state index in [2.05, 4.69) is 66.4 Å². The summed E-state index contributed by atoms with van der Waals surface area (Å²) in [5.74, 6) is 0.713. The maximum Gasteiger partial charge on any atom is 0.266 e. The Bertz CT molecular complexity index is 1200. The van der Waals surface area contributed by atoms with Gasteiger partial charge in [0.1, 0.15) is 18.2 Å². The van der Waals surface area contributed by atoms with Gasteiger partial charge >= 0.3 is 0 Å². The molecule has 1 N–H and O–H groups in total. The van der Waals surface area contributed by atoms with Crippen molar-refractivity contribution >= 4 is 78.8 Å². The molecule has 0 spiro atoms. The summed E-state index contributed by atoms with van der Waals surface area (Å²) in [5.41, 5.74) is 2.32. The van der Waals surface area contributed by atoms with Crippen LogP contribution in [0.1, 0.15) is 18.1 Å². The third-order valence-electron chi connectivity index (χ3n) is 4.41. The minimum Gasteiger partial charge on any atom is -0.490 e. The number of nitrogens with one attached hydrogen (secondary N) is 1. The van der Waals surface area contributed by atoms with E-state index in [1.807, 2.05) is 55.5 Å². The van der Waals surface area contributed by atoms with Crippen molar-refractivity contribution in [1.29, 1.82) is 5.26 Å². The first-order valence-electron chi connectivity index (χ1n) is 9.92. The highest BCUT2D eigenvalue weighted by atomic mass is 127. The molecule has 0 fully saturated rings. The van der Waals surface area contributed by atoms with Crippen molar-refractivity contribution in [2.75, 3.05) is 11.9 Å². The zero-order valence-corrected chi connectivity index (χ0v) is 23.5. The Morgan fingerprint density at radius 1 is 1.09 bits per heavy atom. The zero-order valence-electron chi connectivity index (χ0n) is 17.6. The van der Waals surface area contributed by atoms with Crippen LogP contribution in [0.2, 0.25) is 0 Å². The molecule has 0 saturated heterocycles. The molecular formula is C25H19BrI2N2O3. The van der Waals surface area contributed by atoms with E-state index in [0.29, 0.717) is 36.0 Å². The third-order valence-corrected chi connectivity index (χ3v) is 6.46. The molecule has 0 aliphatic rings. The van der Waals surface area contributed by atoms with Crippen LogP contribution in [0, 0.1) is 18.5 Å². The number of hydrogen-bond acceptors (Lipinski definition) is 4. The second kappa shape index (κ2) is 12.4. The number of nitrogens with zero attached hydrogens (tertiary/aromatic N) is 1. The molecule has 3 aromatic carbocycles. The number of halogens is 3. The average Bonchev–Trinajstić information content (AvgIpc) is 2.79. The number of benzene rings is 3. The quantitative estimate of drug-likeness (QED) is 0.152. The van der Waals surface area contributed by atoms with Gasteiger partial charge in [0, 0.05) is 13.7 Å². The van der Waals surface area contributed by atoms with Crippen LogP contribution in [0.15, 0.2) is 70.7 Å². The number of carbonyl (C=O) groups excluding carboxylic acids is 1. The molecule has 0 radical (unpaired) electrons. The summed E-state index contributed by atoms with van der Waals surface area (Å²) in [6.07, 6.45) is 1.54. The summed E-state index contributed by atoms with van der Waals surface area (Å²) in [4.78, 5) is 12.6. The van der Waals surface area contributed by atoms with E-state index in [4.69, 9.17) is 9.47 Å². The topological polar surface area (TPSA) is 71.3 Å². The van der Waals surface area contributed by atoms with Crippen molar-refractivity contribution in [3.05, 3.63) is 89.0 Å². The molecule has 0 atom stereocenters. The number of anilines is 1. The fourth-order valence-corrected chi connectivity index (χ4v) is 4.26. The summed E-state index contributed by atoms with van der Waals surface area (Å²) in [5, 5.41) is 12.3. The van der Waals surface area contributed by atoms with Crippen molar-refractivity contribution in [2.24, 2.45) is 0 Å². The number of rotatable bonds is 8. The van der Waals surface area contributed by atoms with E-state index < -0.39 is 5.91 Å². The first kappa shape index (κ1) is 25.5. The van der Waals surface area contributed by atoms with Crippen molar-refractivity contribution in [1.82, 2.24) is 0 Å². The molecule has 168 valence electrons. The summed E-state index contributed by atoms with van der Waals surface area (Å²) >= 11 is 7.80. The maximum absolute atomic E-state index is 12.6. The van der Waals surface area contributed by atoms with Gasteiger partial charge in [0.15, 0.2) is 11.5 Å². The van der Waals surface area contributed by atoms with Gasteiger partial charge in [0.25, 0.3) is 5.91 Å². The van der Waals surface area contributed by atoms with Crippen LogP contribution in [0.25, 0.3) is 6.08 Å². The highest BCUT2D eigenvalue weighted by Gasteiger charge is 2.15. The largest absolute Gasteiger partial charge is 0.490 e. The van der Waals surface area contributed by atoms with E-state index in [9.17, 15) is 10.1 Å². The molecule has 0 aliphatic heterocycles. The SMILES string of the molecule is CCOc1cc(/C=C(\C#N)C(=O)Nc2ccc(Br)cc2)cc(I)c1OCc1ccc(I)cc1. The summed E-state index contributed by atoms with van der Waals surface area (Å²) in [6.45, 7) is 2.75. The van der Waals surface area contributed by atoms with Crippen LogP contribution in [-0.2, 0) is 11.4 Å². The second-order valence-corrected chi connectivity index (χ2v) is 10.1. The molecule has 3 aromatic rings. The standard InChI is InChI=1S/C25H19BrI2N2O3/c1-2-32-23-13-17(11-18(14-29)25(31)30-21-9-5-19(26)6-10-21)12-22(28)24(23)33-15-16-3-7-20(27)8-4-16/h3-13H,2,15H2,1H3,(H,30,31)/b18-11+. The average molecular weight is 729 g/mol. The lowest BCUT2D eigenvalue weighted by molar-refractivity contribution is -0.112. The van der Waals surface area contributed by atoms with Gasteiger partial charge in [0.05, 0.1) is 10.2 Å². The monoisotopic (exact) mass is 728 g/mol. The van der Waals surface area contributed by atoms with Gasteiger partial charge < -0.3 is 14.8 Å². The van der Waals surface area contributed by atoms with Gasteiger partial charge in [-0.15, -0.1) is 0 Å². The van der Waals surface area contributed by atoms with Gasteiger partial charge in [-0.3, -0.25) is 4.79 Å². The second-order valence-electron chi connectivity index (χ2n) is 6.81. The molecular weight excluding hydrogens is 710 g/mol. The summed E-state index contributed by atoms with van der Waals surface area (Å²) in [7, 11) is 0. The van der Waals surface area contributed by atoms with Gasteiger partial charge in [-0.05, 0) is 118 Å². The fourth-order valence-electron chi connectivity index (χ4n) is 2.86. The number of amides is 1. The number of hydrogen-bond donors (Lipinski definition) is 1. The fraction of sp³-hybridized carbons (Fsp3) is 0.120. The Morgan fingerprint density at radius 3 is 2.42 bits per heavy atom. The molecule has 1 amide bonds. The van der Waals surface area contributed by atoms with E-state index >= 15 is 0 Å². The van der Waals surface area contributed by atoms with Crippen LogP contribution >= 0.6 is 61.1 Å².